The van der Waals surface area contributed by atoms with E-state index >= 15 is 0 Å². The number of aliphatic hydroxyl groups excluding tert-OH is 1. The molecule has 0 bridgehead atoms. The lowest BCUT2D eigenvalue weighted by Crippen LogP contribution is -2.17. The Bertz CT molecular complexity index is 524. The molecule has 0 aliphatic carbocycles. The lowest BCUT2D eigenvalue weighted by molar-refractivity contribution is 0.171. The number of nitrogens with zero attached hydrogens (tertiary/aromatic N) is 2. The van der Waals surface area contributed by atoms with Crippen LogP contribution in [0.4, 0.5) is 0 Å². The Balaban J connectivity index is 1.99. The molecule has 4 heteroatoms. The summed E-state index contributed by atoms with van der Waals surface area (Å²) in [5, 5.41) is 10.2. The van der Waals surface area contributed by atoms with Crippen LogP contribution in [0.3, 0.4) is 0 Å². The highest BCUT2D eigenvalue weighted by Crippen LogP contribution is 2.18. The summed E-state index contributed by atoms with van der Waals surface area (Å²) in [6.07, 6.45) is 5.68. The van der Waals surface area contributed by atoms with Crippen LogP contribution in [0.2, 0.25) is 0 Å². The van der Waals surface area contributed by atoms with Gasteiger partial charge in [0.25, 0.3) is 0 Å². The molecular formula is C15H19BrN2O. The minimum absolute atomic E-state index is 0.406. The number of aryl methyl sites for hydroxylation is 1. The van der Waals surface area contributed by atoms with Crippen LogP contribution < -0.4 is 0 Å². The largest absolute Gasteiger partial charge is 0.392 e. The van der Waals surface area contributed by atoms with Crippen LogP contribution in [0.1, 0.15) is 24.7 Å². The van der Waals surface area contributed by atoms with Crippen molar-refractivity contribution in [2.24, 2.45) is 0 Å². The van der Waals surface area contributed by atoms with Gasteiger partial charge in [-0.2, -0.15) is 0 Å². The standard InChI is InChI=1S/C15H19BrN2O/c1-2-8-18-9-7-17-15(18)11-13(19)10-12-5-3-4-6-14(12)16/h3-7,9,13,19H,2,8,10-11H2,1H3. The van der Waals surface area contributed by atoms with E-state index in [2.05, 4.69) is 32.4 Å². The minimum atomic E-state index is -0.406. The molecule has 2 aromatic rings. The molecule has 1 aromatic carbocycles. The van der Waals surface area contributed by atoms with Gasteiger partial charge in [-0.3, -0.25) is 0 Å². The molecule has 102 valence electrons. The van der Waals surface area contributed by atoms with Gasteiger partial charge >= 0.3 is 0 Å². The number of halogens is 1. The fourth-order valence-corrected chi connectivity index (χ4v) is 2.62. The van der Waals surface area contributed by atoms with Gasteiger partial charge in [0.15, 0.2) is 0 Å². The number of aliphatic hydroxyl groups is 1. The summed E-state index contributed by atoms with van der Waals surface area (Å²) in [6, 6.07) is 8.00. The zero-order valence-corrected chi connectivity index (χ0v) is 12.7. The number of imidazole rings is 1. The first-order valence-electron chi connectivity index (χ1n) is 6.62. The fraction of sp³-hybridized carbons (Fsp3) is 0.400. The van der Waals surface area contributed by atoms with Gasteiger partial charge in [-0.15, -0.1) is 0 Å². The van der Waals surface area contributed by atoms with Gasteiger partial charge in [0.1, 0.15) is 5.82 Å². The Labute approximate surface area is 122 Å². The number of hydrogen-bond acceptors (Lipinski definition) is 2. The van der Waals surface area contributed by atoms with Crippen molar-refractivity contribution in [2.45, 2.75) is 38.8 Å². The maximum Gasteiger partial charge on any atom is 0.111 e. The second-order valence-electron chi connectivity index (χ2n) is 4.69. The summed E-state index contributed by atoms with van der Waals surface area (Å²) in [4.78, 5) is 4.33. The Morgan fingerprint density at radius 3 is 2.84 bits per heavy atom. The van der Waals surface area contributed by atoms with Gasteiger partial charge in [-0.1, -0.05) is 41.1 Å². The maximum atomic E-state index is 10.2. The minimum Gasteiger partial charge on any atom is -0.392 e. The van der Waals surface area contributed by atoms with Gasteiger partial charge in [0.05, 0.1) is 6.10 Å². The Kier molecular flexibility index (Phi) is 5.16. The molecule has 1 heterocycles. The molecule has 2 rings (SSSR count). The van der Waals surface area contributed by atoms with Crippen LogP contribution in [-0.4, -0.2) is 20.8 Å². The molecule has 0 saturated carbocycles. The van der Waals surface area contributed by atoms with Crippen LogP contribution in [0.25, 0.3) is 0 Å². The molecule has 1 unspecified atom stereocenters. The van der Waals surface area contributed by atoms with Crippen LogP contribution in [-0.2, 0) is 19.4 Å². The van der Waals surface area contributed by atoms with E-state index < -0.39 is 6.10 Å². The zero-order chi connectivity index (χ0) is 13.7. The van der Waals surface area contributed by atoms with Crippen LogP contribution in [0, 0.1) is 0 Å². The summed E-state index contributed by atoms with van der Waals surface area (Å²) in [6.45, 7) is 3.10. The highest BCUT2D eigenvalue weighted by atomic mass is 79.9. The van der Waals surface area contributed by atoms with E-state index in [9.17, 15) is 5.11 Å². The summed E-state index contributed by atoms with van der Waals surface area (Å²) in [5.74, 6) is 0.960. The van der Waals surface area contributed by atoms with Crippen LogP contribution in [0.5, 0.6) is 0 Å². The average molecular weight is 323 g/mol. The predicted octanol–water partition coefficient (Wildman–Crippen LogP) is 3.20. The average Bonchev–Trinajstić information content (AvgIpc) is 2.80. The van der Waals surface area contributed by atoms with Gasteiger partial charge in [-0.05, 0) is 24.5 Å². The maximum absolute atomic E-state index is 10.2. The topological polar surface area (TPSA) is 38.0 Å². The van der Waals surface area contributed by atoms with Crippen molar-refractivity contribution in [1.29, 1.82) is 0 Å². The number of rotatable bonds is 6. The molecule has 19 heavy (non-hydrogen) atoms. The summed E-state index contributed by atoms with van der Waals surface area (Å²) >= 11 is 3.51. The van der Waals surface area contributed by atoms with Crippen molar-refractivity contribution in [3.05, 3.63) is 52.5 Å². The molecule has 1 N–H and O–H groups in total. The van der Waals surface area contributed by atoms with E-state index in [4.69, 9.17) is 0 Å². The van der Waals surface area contributed by atoms with Crippen molar-refractivity contribution in [1.82, 2.24) is 9.55 Å². The van der Waals surface area contributed by atoms with E-state index in [-0.39, 0.29) is 0 Å². The van der Waals surface area contributed by atoms with Crippen molar-refractivity contribution < 1.29 is 5.11 Å². The lowest BCUT2D eigenvalue weighted by Gasteiger charge is -2.13. The highest BCUT2D eigenvalue weighted by Gasteiger charge is 2.12. The summed E-state index contributed by atoms with van der Waals surface area (Å²) < 4.78 is 3.16. The van der Waals surface area contributed by atoms with Crippen molar-refractivity contribution in [3.63, 3.8) is 0 Å². The van der Waals surface area contributed by atoms with E-state index in [0.717, 1.165) is 28.8 Å². The molecule has 0 spiro atoms. The molecule has 0 saturated heterocycles. The van der Waals surface area contributed by atoms with E-state index in [0.29, 0.717) is 12.8 Å². The predicted molar refractivity (Wildman–Crippen MR) is 80.1 cm³/mol. The van der Waals surface area contributed by atoms with E-state index in [1.165, 1.54) is 0 Å². The number of hydrogen-bond donors (Lipinski definition) is 1. The van der Waals surface area contributed by atoms with E-state index in [1.807, 2.05) is 30.5 Å². The lowest BCUT2D eigenvalue weighted by atomic mass is 10.1. The molecular weight excluding hydrogens is 304 g/mol. The molecule has 0 fully saturated rings. The second kappa shape index (κ2) is 6.87. The first kappa shape index (κ1) is 14.3. The smallest absolute Gasteiger partial charge is 0.111 e. The van der Waals surface area contributed by atoms with Crippen molar-refractivity contribution in [3.8, 4) is 0 Å². The van der Waals surface area contributed by atoms with Crippen molar-refractivity contribution >= 4 is 15.9 Å². The van der Waals surface area contributed by atoms with Gasteiger partial charge in [0, 0.05) is 29.8 Å². The van der Waals surface area contributed by atoms with Crippen molar-refractivity contribution in [2.75, 3.05) is 0 Å². The van der Waals surface area contributed by atoms with Gasteiger partial charge in [0.2, 0.25) is 0 Å². The SMILES string of the molecule is CCCn1ccnc1CC(O)Cc1ccccc1Br. The molecule has 1 aromatic heterocycles. The number of benzene rings is 1. The Hall–Kier alpha value is -1.13. The molecule has 0 radical (unpaired) electrons. The zero-order valence-electron chi connectivity index (χ0n) is 11.1. The summed E-state index contributed by atoms with van der Waals surface area (Å²) in [7, 11) is 0. The molecule has 1 atom stereocenters. The molecule has 0 amide bonds. The third-order valence-electron chi connectivity index (χ3n) is 3.10. The fourth-order valence-electron chi connectivity index (χ4n) is 2.18. The third-order valence-corrected chi connectivity index (χ3v) is 3.87. The number of aromatic nitrogens is 2. The second-order valence-corrected chi connectivity index (χ2v) is 5.54. The first-order chi connectivity index (χ1) is 9.20. The van der Waals surface area contributed by atoms with E-state index in [1.54, 1.807) is 6.20 Å². The van der Waals surface area contributed by atoms with Gasteiger partial charge in [-0.25, -0.2) is 4.98 Å². The molecule has 0 aliphatic heterocycles. The normalized spacial score (nSPS) is 12.6. The van der Waals surface area contributed by atoms with Crippen LogP contribution >= 0.6 is 15.9 Å². The highest BCUT2D eigenvalue weighted by molar-refractivity contribution is 9.10. The van der Waals surface area contributed by atoms with Crippen LogP contribution in [0.15, 0.2) is 41.1 Å². The first-order valence-corrected chi connectivity index (χ1v) is 7.41. The third kappa shape index (κ3) is 3.91. The molecule has 3 nitrogen and oxygen atoms in total. The monoisotopic (exact) mass is 322 g/mol. The van der Waals surface area contributed by atoms with Gasteiger partial charge < -0.3 is 9.67 Å². The molecule has 0 aliphatic rings. The Morgan fingerprint density at radius 1 is 1.32 bits per heavy atom. The summed E-state index contributed by atoms with van der Waals surface area (Å²) in [5.41, 5.74) is 1.13. The quantitative estimate of drug-likeness (QED) is 0.886. The Morgan fingerprint density at radius 2 is 2.11 bits per heavy atom.